The van der Waals surface area contributed by atoms with E-state index in [1.165, 1.54) is 12.8 Å². The number of rotatable bonds is 4. The summed E-state index contributed by atoms with van der Waals surface area (Å²) in [4.78, 5) is 34.0. The van der Waals surface area contributed by atoms with E-state index in [2.05, 4.69) is 9.97 Å². The van der Waals surface area contributed by atoms with Crippen LogP contribution in [0.2, 0.25) is 0 Å². The van der Waals surface area contributed by atoms with Crippen LogP contribution in [0.25, 0.3) is 0 Å². The number of carbonyl (C=O) groups excluding carboxylic acids is 2. The number of cyclic esters (lactones) is 2. The van der Waals surface area contributed by atoms with E-state index in [1.807, 2.05) is 39.8 Å². The summed E-state index contributed by atoms with van der Waals surface area (Å²) in [5, 5.41) is 0. The molecule has 8 heteroatoms. The Morgan fingerprint density at radius 3 is 1.44 bits per heavy atom. The lowest BCUT2D eigenvalue weighted by molar-refractivity contribution is -0.147. The van der Waals surface area contributed by atoms with Crippen molar-refractivity contribution >= 4 is 11.9 Å². The predicted molar refractivity (Wildman–Crippen MR) is 134 cm³/mol. The second kappa shape index (κ2) is 12.7. The van der Waals surface area contributed by atoms with Gasteiger partial charge in [0.05, 0.1) is 12.4 Å². The summed E-state index contributed by atoms with van der Waals surface area (Å²) < 4.78 is 22.8. The minimum atomic E-state index is -0.384. The maximum atomic E-state index is 13.0. The standard InChI is InChI=1S/C28H38N2O6/c1-17-7-19(3)25(11-23-13-29-15-33-23)35-28(32)22(6)10-18(2)8-20(4)26(12-24-14-30-16-34-24)36-27(31)21(5)9-17/h9-10,13-20,25-26H,7-8,11-12H2,1-6H3/b21-9+,22-10?/t17-,18-,19+,20+,25+,26+/m1/s1. The molecule has 0 aromatic carbocycles. The quantitative estimate of drug-likeness (QED) is 0.509. The average Bonchev–Trinajstić information content (AvgIpc) is 3.51. The van der Waals surface area contributed by atoms with E-state index >= 15 is 0 Å². The van der Waals surface area contributed by atoms with Gasteiger partial charge in [-0.3, -0.25) is 0 Å². The molecule has 3 rings (SSSR count). The molecule has 0 fully saturated rings. The topological polar surface area (TPSA) is 105 Å². The van der Waals surface area contributed by atoms with Crippen LogP contribution in [-0.2, 0) is 31.9 Å². The van der Waals surface area contributed by atoms with Crippen molar-refractivity contribution < 1.29 is 27.9 Å². The van der Waals surface area contributed by atoms with Gasteiger partial charge in [-0.25, -0.2) is 19.6 Å². The molecule has 6 atom stereocenters. The third-order valence-electron chi connectivity index (χ3n) is 6.76. The summed E-state index contributed by atoms with van der Waals surface area (Å²) >= 11 is 0. The molecule has 0 spiro atoms. The lowest BCUT2D eigenvalue weighted by Crippen LogP contribution is -2.30. The minimum absolute atomic E-state index is 0.0199. The second-order valence-electron chi connectivity index (χ2n) is 10.3. The predicted octanol–water partition coefficient (Wildman–Crippen LogP) is 5.50. The molecule has 0 saturated heterocycles. The van der Waals surface area contributed by atoms with Crippen LogP contribution in [-0.4, -0.2) is 34.1 Å². The van der Waals surface area contributed by atoms with Gasteiger partial charge in [0.1, 0.15) is 23.7 Å². The monoisotopic (exact) mass is 498 g/mol. The number of allylic oxidation sites excluding steroid dienone is 2. The normalized spacial score (nSPS) is 30.6. The summed E-state index contributed by atoms with van der Waals surface area (Å²) in [6, 6.07) is 0. The van der Waals surface area contributed by atoms with Crippen molar-refractivity contribution in [3.8, 4) is 0 Å². The van der Waals surface area contributed by atoms with Crippen LogP contribution in [0.3, 0.4) is 0 Å². The zero-order valence-electron chi connectivity index (χ0n) is 22.1. The van der Waals surface area contributed by atoms with E-state index in [9.17, 15) is 9.59 Å². The van der Waals surface area contributed by atoms with Gasteiger partial charge in [0.15, 0.2) is 12.8 Å². The van der Waals surface area contributed by atoms with Gasteiger partial charge in [0.25, 0.3) is 0 Å². The third-order valence-corrected chi connectivity index (χ3v) is 6.76. The fourth-order valence-electron chi connectivity index (χ4n) is 4.86. The molecule has 0 aliphatic carbocycles. The number of oxazole rings is 2. The van der Waals surface area contributed by atoms with Gasteiger partial charge in [-0.1, -0.05) is 39.8 Å². The van der Waals surface area contributed by atoms with Gasteiger partial charge in [-0.15, -0.1) is 0 Å². The first-order valence-corrected chi connectivity index (χ1v) is 12.7. The summed E-state index contributed by atoms with van der Waals surface area (Å²) in [7, 11) is 0. The van der Waals surface area contributed by atoms with Crippen molar-refractivity contribution in [3.05, 3.63) is 60.0 Å². The first-order valence-electron chi connectivity index (χ1n) is 12.7. The van der Waals surface area contributed by atoms with Gasteiger partial charge in [-0.2, -0.15) is 0 Å². The Morgan fingerprint density at radius 2 is 1.11 bits per heavy atom. The number of nitrogens with zero attached hydrogens (tertiary/aromatic N) is 2. The first-order chi connectivity index (χ1) is 17.1. The molecule has 0 bridgehead atoms. The van der Waals surface area contributed by atoms with E-state index in [0.29, 0.717) is 48.3 Å². The molecular weight excluding hydrogens is 460 g/mol. The largest absolute Gasteiger partial charge is 0.458 e. The van der Waals surface area contributed by atoms with Crippen LogP contribution in [0.1, 0.15) is 65.9 Å². The smallest absolute Gasteiger partial charge is 0.333 e. The number of esters is 2. The van der Waals surface area contributed by atoms with Gasteiger partial charge in [0.2, 0.25) is 0 Å². The highest BCUT2D eigenvalue weighted by Crippen LogP contribution is 2.27. The van der Waals surface area contributed by atoms with E-state index < -0.39 is 0 Å². The lowest BCUT2D eigenvalue weighted by Gasteiger charge is -2.27. The molecule has 36 heavy (non-hydrogen) atoms. The van der Waals surface area contributed by atoms with Crippen LogP contribution in [0.4, 0.5) is 0 Å². The summed E-state index contributed by atoms with van der Waals surface area (Å²) in [5.41, 5.74) is 1.12. The molecule has 0 amide bonds. The van der Waals surface area contributed by atoms with Gasteiger partial charge >= 0.3 is 11.9 Å². The number of hydrogen-bond donors (Lipinski definition) is 0. The van der Waals surface area contributed by atoms with Crippen LogP contribution in [0.5, 0.6) is 0 Å². The van der Waals surface area contributed by atoms with Crippen molar-refractivity contribution in [3.63, 3.8) is 0 Å². The Labute approximate surface area is 213 Å². The molecule has 196 valence electrons. The molecule has 2 aromatic rings. The van der Waals surface area contributed by atoms with Crippen LogP contribution in [0.15, 0.2) is 57.3 Å². The maximum absolute atomic E-state index is 13.0. The molecule has 1 aliphatic rings. The fourth-order valence-corrected chi connectivity index (χ4v) is 4.86. The highest BCUT2D eigenvalue weighted by Gasteiger charge is 2.28. The third kappa shape index (κ3) is 7.93. The Morgan fingerprint density at radius 1 is 0.722 bits per heavy atom. The maximum Gasteiger partial charge on any atom is 0.333 e. The van der Waals surface area contributed by atoms with Crippen molar-refractivity contribution in [1.82, 2.24) is 9.97 Å². The molecule has 8 nitrogen and oxygen atoms in total. The zero-order valence-corrected chi connectivity index (χ0v) is 22.1. The molecule has 0 saturated carbocycles. The fraction of sp³-hybridized carbons (Fsp3) is 0.571. The Bertz CT molecular complexity index is 956. The Hall–Kier alpha value is -3.16. The van der Waals surface area contributed by atoms with Crippen molar-refractivity contribution in [2.45, 2.75) is 79.4 Å². The Balaban J connectivity index is 1.87. The second-order valence-corrected chi connectivity index (χ2v) is 10.3. The number of hydrogen-bond acceptors (Lipinski definition) is 8. The highest BCUT2D eigenvalue weighted by atomic mass is 16.5. The summed E-state index contributed by atoms with van der Waals surface area (Å²) in [6.07, 6.45) is 11.4. The van der Waals surface area contributed by atoms with Gasteiger partial charge in [0, 0.05) is 24.0 Å². The molecule has 3 heterocycles. The summed E-state index contributed by atoms with van der Waals surface area (Å²) in [5.74, 6) is 0.843. The van der Waals surface area contributed by atoms with Crippen molar-refractivity contribution in [2.75, 3.05) is 0 Å². The average molecular weight is 499 g/mol. The van der Waals surface area contributed by atoms with E-state index in [0.717, 1.165) is 0 Å². The van der Waals surface area contributed by atoms with Gasteiger partial charge in [-0.05, 0) is 50.4 Å². The molecule has 0 radical (unpaired) electrons. The zero-order chi connectivity index (χ0) is 26.2. The van der Waals surface area contributed by atoms with E-state index in [4.69, 9.17) is 18.3 Å². The number of carbonyl (C=O) groups is 2. The molecule has 1 aliphatic heterocycles. The van der Waals surface area contributed by atoms with Crippen LogP contribution >= 0.6 is 0 Å². The SMILES string of the molecule is CC1=C[C@H](C)C[C@H](C)[C@H](Cc2cnco2)OC(=O)/C(C)=C/[C@H](C)C[C@H](C)[C@H](Cc2cnco2)OC1=O. The minimum Gasteiger partial charge on any atom is -0.458 e. The van der Waals surface area contributed by atoms with E-state index in [1.54, 1.807) is 26.2 Å². The van der Waals surface area contributed by atoms with Crippen molar-refractivity contribution in [2.24, 2.45) is 23.7 Å². The van der Waals surface area contributed by atoms with Crippen LogP contribution in [0, 0.1) is 23.7 Å². The molecular formula is C28H38N2O6. The van der Waals surface area contributed by atoms with E-state index in [-0.39, 0.29) is 47.8 Å². The molecule has 0 N–H and O–H groups in total. The highest BCUT2D eigenvalue weighted by molar-refractivity contribution is 5.88. The lowest BCUT2D eigenvalue weighted by atomic mass is 9.88. The van der Waals surface area contributed by atoms with Gasteiger partial charge < -0.3 is 18.3 Å². The van der Waals surface area contributed by atoms with Crippen LogP contribution < -0.4 is 0 Å². The van der Waals surface area contributed by atoms with Crippen molar-refractivity contribution in [1.29, 1.82) is 0 Å². The molecule has 2 aromatic heterocycles. The molecule has 0 unspecified atom stereocenters. The Kier molecular flexibility index (Phi) is 9.67. The first kappa shape index (κ1) is 27.4. The number of ether oxygens (including phenoxy) is 2. The number of aromatic nitrogens is 2. The summed E-state index contributed by atoms with van der Waals surface area (Å²) in [6.45, 7) is 11.8.